The van der Waals surface area contributed by atoms with Crippen molar-refractivity contribution in [3.8, 4) is 0 Å². The molecular formula is C8H19N5. The van der Waals surface area contributed by atoms with Crippen molar-refractivity contribution in [3.05, 3.63) is 0 Å². The first kappa shape index (κ1) is 11.7. The van der Waals surface area contributed by atoms with Gasteiger partial charge in [0.25, 0.3) is 0 Å². The topological polar surface area (TPSA) is 89.0 Å². The van der Waals surface area contributed by atoms with E-state index in [1.807, 2.05) is 32.6 Å². The van der Waals surface area contributed by atoms with E-state index in [0.29, 0.717) is 6.54 Å². The second-order valence-electron chi connectivity index (χ2n) is 3.80. The van der Waals surface area contributed by atoms with E-state index in [0.717, 1.165) is 0 Å². The molecule has 0 aromatic heterocycles. The van der Waals surface area contributed by atoms with Crippen molar-refractivity contribution in [2.75, 3.05) is 6.54 Å². The zero-order chi connectivity index (χ0) is 10.6. The highest BCUT2D eigenvalue weighted by atomic mass is 15.3. The largest absolute Gasteiger partial charge is 0.370 e. The number of hydrogen-bond acceptors (Lipinski definition) is 2. The zero-order valence-electron chi connectivity index (χ0n) is 8.73. The van der Waals surface area contributed by atoms with E-state index in [1.165, 1.54) is 0 Å². The fourth-order valence-electron chi connectivity index (χ4n) is 1.16. The smallest absolute Gasteiger partial charge is 0.198 e. The first-order valence-corrected chi connectivity index (χ1v) is 4.26. The monoisotopic (exact) mass is 185 g/mol. The summed E-state index contributed by atoms with van der Waals surface area (Å²) in [5.74, 6) is -0.0322. The van der Waals surface area contributed by atoms with Crippen molar-refractivity contribution in [1.82, 2.24) is 10.2 Å². The third-order valence-electron chi connectivity index (χ3n) is 1.65. The van der Waals surface area contributed by atoms with Crippen molar-refractivity contribution >= 4 is 11.9 Å². The molecule has 0 unspecified atom stereocenters. The van der Waals surface area contributed by atoms with E-state index >= 15 is 0 Å². The molecule has 0 rings (SSSR count). The molecule has 0 atom stereocenters. The summed E-state index contributed by atoms with van der Waals surface area (Å²) in [7, 11) is 0. The van der Waals surface area contributed by atoms with Gasteiger partial charge >= 0.3 is 0 Å². The minimum Gasteiger partial charge on any atom is -0.370 e. The van der Waals surface area contributed by atoms with Gasteiger partial charge in [0, 0.05) is 12.1 Å². The Morgan fingerprint density at radius 2 is 1.85 bits per heavy atom. The first-order valence-electron chi connectivity index (χ1n) is 4.26. The SMILES string of the molecule is CCN(C(=N)NC(=N)N)C(C)(C)C. The van der Waals surface area contributed by atoms with Crippen LogP contribution >= 0.6 is 0 Å². The third-order valence-corrected chi connectivity index (χ3v) is 1.65. The highest BCUT2D eigenvalue weighted by Gasteiger charge is 2.22. The van der Waals surface area contributed by atoms with Gasteiger partial charge in [-0.1, -0.05) is 0 Å². The Hall–Kier alpha value is -1.26. The van der Waals surface area contributed by atoms with E-state index < -0.39 is 0 Å². The van der Waals surface area contributed by atoms with Crippen molar-refractivity contribution in [2.45, 2.75) is 33.2 Å². The maximum absolute atomic E-state index is 7.63. The van der Waals surface area contributed by atoms with Gasteiger partial charge in [-0.05, 0) is 27.7 Å². The van der Waals surface area contributed by atoms with Gasteiger partial charge in [0.05, 0.1) is 0 Å². The normalized spacial score (nSPS) is 10.8. The average Bonchev–Trinajstić information content (AvgIpc) is 1.82. The van der Waals surface area contributed by atoms with Gasteiger partial charge in [0.15, 0.2) is 11.9 Å². The van der Waals surface area contributed by atoms with E-state index in [-0.39, 0.29) is 17.5 Å². The maximum atomic E-state index is 7.63. The highest BCUT2D eigenvalue weighted by molar-refractivity contribution is 5.95. The fraction of sp³-hybridized carbons (Fsp3) is 0.750. The predicted molar refractivity (Wildman–Crippen MR) is 54.9 cm³/mol. The van der Waals surface area contributed by atoms with Crippen LogP contribution < -0.4 is 11.1 Å². The molecule has 0 saturated heterocycles. The van der Waals surface area contributed by atoms with Crippen molar-refractivity contribution in [2.24, 2.45) is 5.73 Å². The minimum absolute atomic E-state index is 0.131. The van der Waals surface area contributed by atoms with Crippen LogP contribution in [0.5, 0.6) is 0 Å². The number of nitrogens with two attached hydrogens (primary N) is 1. The van der Waals surface area contributed by atoms with Crippen LogP contribution in [0.25, 0.3) is 0 Å². The van der Waals surface area contributed by atoms with Gasteiger partial charge in [-0.25, -0.2) is 0 Å². The zero-order valence-corrected chi connectivity index (χ0v) is 8.73. The molecule has 0 aromatic carbocycles. The van der Waals surface area contributed by atoms with Gasteiger partial charge in [-0.2, -0.15) is 0 Å². The summed E-state index contributed by atoms with van der Waals surface area (Å²) in [6.07, 6.45) is 0. The number of hydrogen-bond donors (Lipinski definition) is 4. The Kier molecular flexibility index (Phi) is 3.71. The van der Waals surface area contributed by atoms with Crippen molar-refractivity contribution in [1.29, 1.82) is 10.8 Å². The van der Waals surface area contributed by atoms with Gasteiger partial charge in [0.2, 0.25) is 0 Å². The van der Waals surface area contributed by atoms with Gasteiger partial charge in [0.1, 0.15) is 0 Å². The van der Waals surface area contributed by atoms with Crippen molar-refractivity contribution < 1.29 is 0 Å². The lowest BCUT2D eigenvalue weighted by Gasteiger charge is -2.36. The van der Waals surface area contributed by atoms with Gasteiger partial charge < -0.3 is 10.6 Å². The molecule has 0 amide bonds. The van der Waals surface area contributed by atoms with Gasteiger partial charge in [-0.3, -0.25) is 16.1 Å². The standard InChI is InChI=1S/C8H19N5/c1-5-13(8(2,3)4)7(11)12-6(9)10/h5H2,1-4H3,(H5,9,10,11,12). The second kappa shape index (κ2) is 4.11. The first-order chi connectivity index (χ1) is 5.79. The molecule has 5 N–H and O–H groups in total. The Labute approximate surface area is 79.3 Å². The maximum Gasteiger partial charge on any atom is 0.198 e. The van der Waals surface area contributed by atoms with Crippen LogP contribution in [0.2, 0.25) is 0 Å². The molecule has 0 heterocycles. The molecule has 5 heteroatoms. The van der Waals surface area contributed by atoms with E-state index in [9.17, 15) is 0 Å². The number of guanidine groups is 2. The Morgan fingerprint density at radius 3 is 2.08 bits per heavy atom. The van der Waals surface area contributed by atoms with Crippen LogP contribution in [0.15, 0.2) is 0 Å². The molecule has 0 saturated carbocycles. The Bertz CT molecular complexity index is 203. The van der Waals surface area contributed by atoms with E-state index in [2.05, 4.69) is 5.32 Å². The van der Waals surface area contributed by atoms with Crippen LogP contribution in [-0.2, 0) is 0 Å². The molecule has 0 bridgehead atoms. The molecule has 76 valence electrons. The second-order valence-corrected chi connectivity index (χ2v) is 3.80. The van der Waals surface area contributed by atoms with Crippen LogP contribution in [0.3, 0.4) is 0 Å². The molecule has 0 spiro atoms. The lowest BCUT2D eigenvalue weighted by atomic mass is 10.1. The molecule has 0 fully saturated rings. The molecule has 0 aromatic rings. The summed E-state index contributed by atoms with van der Waals surface area (Å²) in [6.45, 7) is 8.69. The van der Waals surface area contributed by atoms with Crippen LogP contribution in [0, 0.1) is 10.8 Å². The van der Waals surface area contributed by atoms with Crippen molar-refractivity contribution in [3.63, 3.8) is 0 Å². The fourth-order valence-corrected chi connectivity index (χ4v) is 1.16. The predicted octanol–water partition coefficient (Wildman–Crippen LogP) is 0.525. The summed E-state index contributed by atoms with van der Waals surface area (Å²) < 4.78 is 0. The summed E-state index contributed by atoms with van der Waals surface area (Å²) in [5.41, 5.74) is 5.00. The average molecular weight is 185 g/mol. The van der Waals surface area contributed by atoms with Gasteiger partial charge in [-0.15, -0.1) is 0 Å². The quantitative estimate of drug-likeness (QED) is 0.355. The summed E-state index contributed by atoms with van der Waals surface area (Å²) in [6, 6.07) is 0. The lowest BCUT2D eigenvalue weighted by Crippen LogP contribution is -2.53. The third kappa shape index (κ3) is 3.78. The van der Waals surface area contributed by atoms with Crippen LogP contribution in [0.4, 0.5) is 0 Å². The van der Waals surface area contributed by atoms with Crippen LogP contribution in [-0.4, -0.2) is 28.9 Å². The Balaban J connectivity index is 4.42. The molecule has 0 aliphatic carbocycles. The highest BCUT2D eigenvalue weighted by Crippen LogP contribution is 2.11. The summed E-state index contributed by atoms with van der Waals surface area (Å²) in [5, 5.41) is 17.1. The van der Waals surface area contributed by atoms with E-state index in [1.54, 1.807) is 0 Å². The number of nitrogens with zero attached hydrogens (tertiary/aromatic N) is 1. The van der Waals surface area contributed by atoms with Crippen LogP contribution in [0.1, 0.15) is 27.7 Å². The molecule has 13 heavy (non-hydrogen) atoms. The molecule has 0 aliphatic heterocycles. The molecule has 5 nitrogen and oxygen atoms in total. The summed E-state index contributed by atoms with van der Waals surface area (Å²) >= 11 is 0. The molecule has 0 aliphatic rings. The molecular weight excluding hydrogens is 166 g/mol. The van der Waals surface area contributed by atoms with E-state index in [4.69, 9.17) is 16.6 Å². The minimum atomic E-state index is -0.201. The Morgan fingerprint density at radius 1 is 1.38 bits per heavy atom. The lowest BCUT2D eigenvalue weighted by molar-refractivity contribution is 0.241. The number of nitrogens with one attached hydrogen (secondary N) is 3. The summed E-state index contributed by atoms with van der Waals surface area (Å²) in [4.78, 5) is 1.83. The molecule has 0 radical (unpaired) electrons. The number of rotatable bonds is 1.